The first-order valence-corrected chi connectivity index (χ1v) is 12.9. The molecule has 4 aromatic carbocycles. The molecular weight excluding hydrogens is 556 g/mol. The summed E-state index contributed by atoms with van der Waals surface area (Å²) in [6, 6.07) is 31.2. The molecule has 0 N–H and O–H groups in total. The summed E-state index contributed by atoms with van der Waals surface area (Å²) >= 11 is 3.46. The summed E-state index contributed by atoms with van der Waals surface area (Å²) in [5.74, 6) is 0.959. The van der Waals surface area contributed by atoms with Gasteiger partial charge in [0.05, 0.1) is 21.8 Å². The van der Waals surface area contributed by atoms with Crippen LogP contribution in [0.25, 0.3) is 56.3 Å². The van der Waals surface area contributed by atoms with E-state index in [4.69, 9.17) is 19.9 Å². The Morgan fingerprint density at radius 1 is 0.590 bits per heavy atom. The van der Waals surface area contributed by atoms with Gasteiger partial charge in [0.2, 0.25) is 11.7 Å². The van der Waals surface area contributed by atoms with Crippen molar-refractivity contribution in [3.05, 3.63) is 128 Å². The van der Waals surface area contributed by atoms with Crippen LogP contribution < -0.4 is 11.1 Å². The Labute approximate surface area is 229 Å². The molecule has 8 nitrogen and oxygen atoms in total. The van der Waals surface area contributed by atoms with Gasteiger partial charge in [-0.25, -0.2) is 18.9 Å². The molecule has 0 spiro atoms. The fourth-order valence-electron chi connectivity index (χ4n) is 4.65. The van der Waals surface area contributed by atoms with Gasteiger partial charge in [0.25, 0.3) is 11.1 Å². The van der Waals surface area contributed by atoms with Gasteiger partial charge in [0.1, 0.15) is 0 Å². The van der Waals surface area contributed by atoms with E-state index in [1.165, 1.54) is 8.97 Å². The second kappa shape index (κ2) is 9.07. The zero-order chi connectivity index (χ0) is 26.5. The van der Waals surface area contributed by atoms with Gasteiger partial charge in [0.15, 0.2) is 11.6 Å². The van der Waals surface area contributed by atoms with Crippen molar-refractivity contribution in [3.8, 4) is 28.7 Å². The van der Waals surface area contributed by atoms with Gasteiger partial charge in [-0.2, -0.15) is 9.97 Å². The molecule has 0 unspecified atom stereocenters. The highest BCUT2D eigenvalue weighted by atomic mass is 79.9. The fraction of sp³-hybridized carbons (Fsp3) is 0. The minimum absolute atomic E-state index is 0.0641. The van der Waals surface area contributed by atoms with E-state index >= 15 is 0 Å². The molecule has 0 atom stereocenters. The molecule has 0 bridgehead atoms. The van der Waals surface area contributed by atoms with E-state index in [2.05, 4.69) is 15.9 Å². The lowest BCUT2D eigenvalue weighted by Crippen LogP contribution is -2.29. The van der Waals surface area contributed by atoms with Crippen molar-refractivity contribution < 1.29 is 0 Å². The SMILES string of the molecule is O=c1c2cc(Br)ccc2n2c(=O)c3ccccc3nc2n1-c1nc(-c2ccccc2)nc(-c2ccccc2)n1. The van der Waals surface area contributed by atoms with E-state index in [-0.39, 0.29) is 17.3 Å². The molecule has 3 aromatic heterocycles. The van der Waals surface area contributed by atoms with E-state index < -0.39 is 5.56 Å². The Hall–Kier alpha value is -5.02. The molecule has 0 fully saturated rings. The molecule has 39 heavy (non-hydrogen) atoms. The lowest BCUT2D eigenvalue weighted by Gasteiger charge is -2.14. The van der Waals surface area contributed by atoms with Gasteiger partial charge in [-0.3, -0.25) is 9.59 Å². The lowest BCUT2D eigenvalue weighted by molar-refractivity contribution is 0.860. The molecule has 7 aromatic rings. The van der Waals surface area contributed by atoms with Crippen LogP contribution >= 0.6 is 15.9 Å². The predicted octanol–water partition coefficient (Wildman–Crippen LogP) is 5.43. The van der Waals surface area contributed by atoms with Crippen molar-refractivity contribution in [1.82, 2.24) is 28.9 Å². The molecule has 186 valence electrons. The van der Waals surface area contributed by atoms with Gasteiger partial charge in [-0.05, 0) is 30.3 Å². The van der Waals surface area contributed by atoms with Gasteiger partial charge in [-0.1, -0.05) is 88.7 Å². The highest BCUT2D eigenvalue weighted by Crippen LogP contribution is 2.24. The molecule has 0 amide bonds. The van der Waals surface area contributed by atoms with Crippen LogP contribution in [-0.2, 0) is 0 Å². The highest BCUT2D eigenvalue weighted by molar-refractivity contribution is 9.10. The number of benzene rings is 4. The monoisotopic (exact) mass is 572 g/mol. The molecule has 0 radical (unpaired) electrons. The summed E-state index contributed by atoms with van der Waals surface area (Å²) < 4.78 is 3.44. The number of hydrogen-bond acceptors (Lipinski definition) is 6. The first-order chi connectivity index (χ1) is 19.1. The number of rotatable bonds is 3. The Bertz CT molecular complexity index is 2120. The van der Waals surface area contributed by atoms with Crippen LogP contribution in [0.15, 0.2) is 117 Å². The fourth-order valence-corrected chi connectivity index (χ4v) is 5.01. The number of fused-ring (bicyclic) bond motifs is 4. The van der Waals surface area contributed by atoms with E-state index in [0.29, 0.717) is 37.9 Å². The summed E-state index contributed by atoms with van der Waals surface area (Å²) in [5.41, 5.74) is 1.73. The Morgan fingerprint density at radius 3 is 1.87 bits per heavy atom. The van der Waals surface area contributed by atoms with E-state index in [0.717, 1.165) is 11.1 Å². The minimum Gasteiger partial charge on any atom is -0.268 e. The van der Waals surface area contributed by atoms with E-state index in [9.17, 15) is 9.59 Å². The molecule has 7 rings (SSSR count). The predicted molar refractivity (Wildman–Crippen MR) is 154 cm³/mol. The molecule has 3 heterocycles. The maximum Gasteiger partial charge on any atom is 0.269 e. The zero-order valence-electron chi connectivity index (χ0n) is 20.2. The number of aromatic nitrogens is 6. The Morgan fingerprint density at radius 2 is 1.21 bits per heavy atom. The van der Waals surface area contributed by atoms with Crippen LogP contribution in [0.2, 0.25) is 0 Å². The average molecular weight is 573 g/mol. The van der Waals surface area contributed by atoms with Crippen LogP contribution in [0.1, 0.15) is 0 Å². The van der Waals surface area contributed by atoms with Gasteiger partial charge >= 0.3 is 0 Å². The van der Waals surface area contributed by atoms with Crippen molar-refractivity contribution >= 4 is 43.5 Å². The second-order valence-electron chi connectivity index (χ2n) is 8.89. The quantitative estimate of drug-likeness (QED) is 0.207. The normalized spacial score (nSPS) is 11.4. The number of nitrogens with zero attached hydrogens (tertiary/aromatic N) is 6. The van der Waals surface area contributed by atoms with Gasteiger partial charge in [-0.15, -0.1) is 0 Å². The van der Waals surface area contributed by atoms with Crippen LogP contribution in [-0.4, -0.2) is 28.9 Å². The number of hydrogen-bond donors (Lipinski definition) is 0. The van der Waals surface area contributed by atoms with E-state index in [1.54, 1.807) is 42.5 Å². The third-order valence-electron chi connectivity index (χ3n) is 6.48. The largest absolute Gasteiger partial charge is 0.269 e. The van der Waals surface area contributed by atoms with Crippen molar-refractivity contribution in [3.63, 3.8) is 0 Å². The summed E-state index contributed by atoms with van der Waals surface area (Å²) in [6.07, 6.45) is 0. The topological polar surface area (TPSA) is 95.0 Å². The maximum atomic E-state index is 14.1. The van der Waals surface area contributed by atoms with Crippen molar-refractivity contribution in [1.29, 1.82) is 0 Å². The van der Waals surface area contributed by atoms with Gasteiger partial charge in [0, 0.05) is 15.6 Å². The zero-order valence-corrected chi connectivity index (χ0v) is 21.8. The summed E-state index contributed by atoms with van der Waals surface area (Å²) in [4.78, 5) is 46.9. The summed E-state index contributed by atoms with van der Waals surface area (Å²) in [6.45, 7) is 0. The maximum absolute atomic E-state index is 14.1. The van der Waals surface area contributed by atoms with Crippen LogP contribution in [0.3, 0.4) is 0 Å². The van der Waals surface area contributed by atoms with Crippen molar-refractivity contribution in [2.75, 3.05) is 0 Å². The second-order valence-corrected chi connectivity index (χ2v) is 9.80. The molecule has 0 aliphatic rings. The molecule has 9 heteroatoms. The number of halogens is 1. The third kappa shape index (κ3) is 3.82. The molecular formula is C30H17BrN6O2. The summed E-state index contributed by atoms with van der Waals surface area (Å²) in [7, 11) is 0. The van der Waals surface area contributed by atoms with Crippen molar-refractivity contribution in [2.45, 2.75) is 0 Å². The lowest BCUT2D eigenvalue weighted by atomic mass is 10.2. The van der Waals surface area contributed by atoms with Gasteiger partial charge < -0.3 is 0 Å². The molecule has 0 aliphatic carbocycles. The molecule has 0 saturated heterocycles. The standard InChI is InChI=1S/C30H17BrN6O2/c31-20-15-16-24-22(17-20)28(39)37(30-32-23-14-8-7-13-21(23)27(38)36(24)30)29-34-25(18-9-3-1-4-10-18)33-26(35-29)19-11-5-2-6-12-19/h1-17H. The molecule has 0 aliphatic heterocycles. The number of para-hydroxylation sites is 1. The minimum atomic E-state index is -0.405. The summed E-state index contributed by atoms with van der Waals surface area (Å²) in [5, 5.41) is 0.758. The highest BCUT2D eigenvalue weighted by Gasteiger charge is 2.21. The van der Waals surface area contributed by atoms with Crippen LogP contribution in [0, 0.1) is 0 Å². The average Bonchev–Trinajstić information content (AvgIpc) is 2.98. The molecule has 0 saturated carbocycles. The first kappa shape index (κ1) is 23.1. The Kier molecular flexibility index (Phi) is 5.38. The first-order valence-electron chi connectivity index (χ1n) is 12.1. The third-order valence-corrected chi connectivity index (χ3v) is 6.97. The van der Waals surface area contributed by atoms with E-state index in [1.807, 2.05) is 60.7 Å². The van der Waals surface area contributed by atoms with Crippen molar-refractivity contribution in [2.24, 2.45) is 0 Å². The van der Waals surface area contributed by atoms with Crippen LogP contribution in [0.4, 0.5) is 0 Å². The smallest absolute Gasteiger partial charge is 0.268 e. The van der Waals surface area contributed by atoms with Crippen LogP contribution in [0.5, 0.6) is 0 Å². The Balaban J connectivity index is 1.66.